The topological polar surface area (TPSA) is 55.4 Å². The zero-order chi connectivity index (χ0) is 13.1. The Balaban J connectivity index is 2.77. The molecular weight excluding hydrogens is 238 g/mol. The highest BCUT2D eigenvalue weighted by Crippen LogP contribution is 2.24. The molecule has 17 heavy (non-hydrogen) atoms. The van der Waals surface area contributed by atoms with E-state index in [0.717, 1.165) is 4.88 Å². The smallest absolute Gasteiger partial charge is 0.408 e. The summed E-state index contributed by atoms with van der Waals surface area (Å²) in [5.41, 5.74) is -1.61. The highest BCUT2D eigenvalue weighted by Gasteiger charge is 2.31. The van der Waals surface area contributed by atoms with Gasteiger partial charge >= 0.3 is 6.09 Å². The fourth-order valence-corrected chi connectivity index (χ4v) is 2.04. The lowest BCUT2D eigenvalue weighted by atomic mass is 10.0. The van der Waals surface area contributed by atoms with Crippen molar-refractivity contribution in [1.82, 2.24) is 5.32 Å². The van der Waals surface area contributed by atoms with E-state index in [2.05, 4.69) is 5.32 Å². The zero-order valence-electron chi connectivity index (χ0n) is 10.4. The van der Waals surface area contributed by atoms with Gasteiger partial charge in [-0.25, -0.2) is 4.79 Å². The normalized spacial score (nSPS) is 14.8. The van der Waals surface area contributed by atoms with Crippen molar-refractivity contribution >= 4 is 23.7 Å². The van der Waals surface area contributed by atoms with Crippen LogP contribution in [0.15, 0.2) is 17.5 Å². The molecule has 0 aliphatic carbocycles. The van der Waals surface area contributed by atoms with Crippen molar-refractivity contribution in [2.75, 3.05) is 0 Å². The fraction of sp³-hybridized carbons (Fsp3) is 0.500. The van der Waals surface area contributed by atoms with E-state index in [4.69, 9.17) is 4.74 Å². The average molecular weight is 255 g/mol. The number of aldehydes is 1. The van der Waals surface area contributed by atoms with Crippen LogP contribution in [0.3, 0.4) is 0 Å². The Bertz CT molecular complexity index is 394. The number of carbonyl (C=O) groups is 2. The van der Waals surface area contributed by atoms with Crippen LogP contribution in [-0.2, 0) is 15.1 Å². The van der Waals surface area contributed by atoms with Crippen LogP contribution in [0.2, 0.25) is 0 Å². The Morgan fingerprint density at radius 1 is 1.41 bits per heavy atom. The largest absolute Gasteiger partial charge is 0.444 e. The van der Waals surface area contributed by atoms with Gasteiger partial charge in [-0.3, -0.25) is 0 Å². The van der Waals surface area contributed by atoms with Gasteiger partial charge in [0.2, 0.25) is 0 Å². The second-order valence-corrected chi connectivity index (χ2v) is 5.87. The van der Waals surface area contributed by atoms with E-state index in [0.29, 0.717) is 6.29 Å². The molecule has 1 rings (SSSR count). The van der Waals surface area contributed by atoms with E-state index in [1.807, 2.05) is 11.4 Å². The molecule has 1 unspecified atom stereocenters. The number of nitrogens with one attached hydrogen (secondary N) is 1. The summed E-state index contributed by atoms with van der Waals surface area (Å²) >= 11 is 1.41. The van der Waals surface area contributed by atoms with Crippen LogP contribution in [0.25, 0.3) is 0 Å². The number of rotatable bonds is 3. The lowest BCUT2D eigenvalue weighted by Gasteiger charge is -2.26. The van der Waals surface area contributed by atoms with Crippen molar-refractivity contribution in [3.05, 3.63) is 22.4 Å². The molecular formula is C12H17NO3S. The number of amides is 1. The van der Waals surface area contributed by atoms with Crippen molar-refractivity contribution in [3.8, 4) is 0 Å². The molecule has 0 spiro atoms. The molecule has 0 radical (unpaired) electrons. The minimum atomic E-state index is -1.03. The van der Waals surface area contributed by atoms with E-state index < -0.39 is 17.2 Å². The highest BCUT2D eigenvalue weighted by molar-refractivity contribution is 7.10. The van der Waals surface area contributed by atoms with Crippen molar-refractivity contribution in [2.45, 2.75) is 38.8 Å². The molecule has 0 saturated carbocycles. The number of hydrogen-bond donors (Lipinski definition) is 1. The molecule has 5 heteroatoms. The molecule has 1 aromatic heterocycles. The molecule has 1 atom stereocenters. The van der Waals surface area contributed by atoms with Gasteiger partial charge in [0.25, 0.3) is 0 Å². The summed E-state index contributed by atoms with van der Waals surface area (Å²) in [6.45, 7) is 6.97. The second-order valence-electron chi connectivity index (χ2n) is 4.92. The first-order valence-electron chi connectivity index (χ1n) is 5.28. The quantitative estimate of drug-likeness (QED) is 0.845. The van der Waals surface area contributed by atoms with Gasteiger partial charge in [-0.15, -0.1) is 11.3 Å². The maximum Gasteiger partial charge on any atom is 0.408 e. The van der Waals surface area contributed by atoms with Crippen molar-refractivity contribution in [1.29, 1.82) is 0 Å². The summed E-state index contributed by atoms with van der Waals surface area (Å²) in [5, 5.41) is 4.44. The lowest BCUT2D eigenvalue weighted by molar-refractivity contribution is -0.113. The average Bonchev–Trinajstić information content (AvgIpc) is 2.67. The van der Waals surface area contributed by atoms with Gasteiger partial charge in [-0.05, 0) is 39.1 Å². The molecule has 0 bridgehead atoms. The van der Waals surface area contributed by atoms with Gasteiger partial charge < -0.3 is 14.8 Å². The summed E-state index contributed by atoms with van der Waals surface area (Å²) in [4.78, 5) is 23.6. The van der Waals surface area contributed by atoms with Gasteiger partial charge in [0.05, 0.1) is 0 Å². The Morgan fingerprint density at radius 3 is 2.47 bits per heavy atom. The summed E-state index contributed by atoms with van der Waals surface area (Å²) in [5.74, 6) is 0. The third-order valence-electron chi connectivity index (χ3n) is 2.03. The maximum atomic E-state index is 11.6. The SMILES string of the molecule is CC(C)(C)OC(=O)NC(C)(C=O)c1cccs1. The number of carbonyl (C=O) groups excluding carboxylic acids is 2. The summed E-state index contributed by atoms with van der Waals surface area (Å²) in [6.07, 6.45) is 0.114. The predicted molar refractivity (Wildman–Crippen MR) is 67.1 cm³/mol. The Hall–Kier alpha value is -1.36. The molecule has 0 fully saturated rings. The van der Waals surface area contributed by atoms with Crippen LogP contribution < -0.4 is 5.32 Å². The number of thiophene rings is 1. The molecule has 1 heterocycles. The summed E-state index contributed by atoms with van der Waals surface area (Å²) < 4.78 is 5.13. The zero-order valence-corrected chi connectivity index (χ0v) is 11.3. The van der Waals surface area contributed by atoms with E-state index in [9.17, 15) is 9.59 Å². The number of ether oxygens (including phenoxy) is 1. The Kier molecular flexibility index (Phi) is 3.93. The predicted octanol–water partition coefficient (Wildman–Crippen LogP) is 2.69. The van der Waals surface area contributed by atoms with Crippen LogP contribution in [0.5, 0.6) is 0 Å². The monoisotopic (exact) mass is 255 g/mol. The van der Waals surface area contributed by atoms with Crippen molar-refractivity contribution in [2.24, 2.45) is 0 Å². The third-order valence-corrected chi connectivity index (χ3v) is 3.14. The molecule has 0 aliphatic heterocycles. The minimum absolute atomic E-state index is 0.580. The first-order chi connectivity index (χ1) is 7.77. The molecule has 4 nitrogen and oxygen atoms in total. The third kappa shape index (κ3) is 3.85. The van der Waals surface area contributed by atoms with Crippen LogP contribution in [-0.4, -0.2) is 18.0 Å². The van der Waals surface area contributed by atoms with E-state index in [-0.39, 0.29) is 0 Å². The Labute approximate surface area is 105 Å². The van der Waals surface area contributed by atoms with E-state index in [1.165, 1.54) is 11.3 Å². The second kappa shape index (κ2) is 4.87. The van der Waals surface area contributed by atoms with Crippen molar-refractivity contribution < 1.29 is 14.3 Å². The molecule has 1 N–H and O–H groups in total. The first kappa shape index (κ1) is 13.7. The highest BCUT2D eigenvalue weighted by atomic mass is 32.1. The number of alkyl carbamates (subject to hydrolysis) is 1. The summed E-state index contributed by atoms with van der Waals surface area (Å²) in [6, 6.07) is 3.63. The molecule has 1 aromatic rings. The van der Waals surface area contributed by atoms with Gasteiger partial charge in [-0.2, -0.15) is 0 Å². The Morgan fingerprint density at radius 2 is 2.06 bits per heavy atom. The molecule has 1 amide bonds. The molecule has 0 aliphatic rings. The number of hydrogen-bond acceptors (Lipinski definition) is 4. The van der Waals surface area contributed by atoms with E-state index in [1.54, 1.807) is 33.8 Å². The van der Waals surface area contributed by atoms with Crippen molar-refractivity contribution in [3.63, 3.8) is 0 Å². The van der Waals surface area contributed by atoms with Crippen LogP contribution in [0.1, 0.15) is 32.6 Å². The van der Waals surface area contributed by atoms with Gasteiger partial charge in [0, 0.05) is 4.88 Å². The molecule has 0 aromatic carbocycles. The first-order valence-corrected chi connectivity index (χ1v) is 6.16. The van der Waals surface area contributed by atoms with Crippen LogP contribution >= 0.6 is 11.3 Å². The maximum absolute atomic E-state index is 11.6. The minimum Gasteiger partial charge on any atom is -0.444 e. The lowest BCUT2D eigenvalue weighted by Crippen LogP contribution is -2.46. The van der Waals surface area contributed by atoms with Gasteiger partial charge in [0.1, 0.15) is 11.1 Å². The van der Waals surface area contributed by atoms with Crippen LogP contribution in [0.4, 0.5) is 4.79 Å². The summed E-state index contributed by atoms with van der Waals surface area (Å²) in [7, 11) is 0. The van der Waals surface area contributed by atoms with Crippen LogP contribution in [0, 0.1) is 0 Å². The standard InChI is InChI=1S/C12H17NO3S/c1-11(2,3)16-10(15)13-12(4,8-14)9-6-5-7-17-9/h5-8H,1-4H3,(H,13,15). The van der Waals surface area contributed by atoms with Gasteiger partial charge in [0.15, 0.2) is 6.29 Å². The molecule has 0 saturated heterocycles. The molecule has 94 valence electrons. The van der Waals surface area contributed by atoms with E-state index >= 15 is 0 Å². The van der Waals surface area contributed by atoms with Gasteiger partial charge in [-0.1, -0.05) is 6.07 Å². The fourth-order valence-electron chi connectivity index (χ4n) is 1.24.